The van der Waals surface area contributed by atoms with Gasteiger partial charge in [0.1, 0.15) is 0 Å². The van der Waals surface area contributed by atoms with E-state index in [0.29, 0.717) is 6.04 Å². The summed E-state index contributed by atoms with van der Waals surface area (Å²) in [6, 6.07) is 9.03. The number of benzene rings is 1. The largest absolute Gasteiger partial charge is 0.378 e. The van der Waals surface area contributed by atoms with Gasteiger partial charge in [0, 0.05) is 16.8 Å². The summed E-state index contributed by atoms with van der Waals surface area (Å²) < 4.78 is 0. The number of rotatable bonds is 5. The lowest BCUT2D eigenvalue weighted by atomic mass is 10.1. The maximum atomic E-state index is 4.10. The molecule has 0 saturated heterocycles. The molecule has 1 heterocycles. The number of thiazole rings is 1. The third-order valence-corrected chi connectivity index (χ3v) is 3.71. The third kappa shape index (κ3) is 3.30. The molecule has 0 amide bonds. The summed E-state index contributed by atoms with van der Waals surface area (Å²) in [6.07, 6.45) is 4.28. The van der Waals surface area contributed by atoms with Crippen LogP contribution in [0.25, 0.3) is 0 Å². The number of hydrogen-bond acceptors (Lipinski definition) is 3. The molecule has 0 bridgehead atoms. The van der Waals surface area contributed by atoms with Gasteiger partial charge in [-0.2, -0.15) is 0 Å². The molecule has 2 aromatic rings. The maximum Gasteiger partial charge on any atom is 0.0795 e. The Hall–Kier alpha value is -1.35. The van der Waals surface area contributed by atoms with Crippen LogP contribution in [-0.2, 0) is 6.42 Å². The van der Waals surface area contributed by atoms with Crippen LogP contribution in [0.3, 0.4) is 0 Å². The van der Waals surface area contributed by atoms with Crippen molar-refractivity contribution in [1.29, 1.82) is 0 Å². The second-order valence-corrected chi connectivity index (χ2v) is 5.13. The molecule has 0 fully saturated rings. The molecule has 1 unspecified atom stereocenters. The minimum atomic E-state index is 0.319. The van der Waals surface area contributed by atoms with Crippen molar-refractivity contribution in [3.8, 4) is 0 Å². The normalized spacial score (nSPS) is 12.4. The van der Waals surface area contributed by atoms with Crippen LogP contribution in [-0.4, -0.2) is 4.98 Å². The van der Waals surface area contributed by atoms with Gasteiger partial charge in [0.2, 0.25) is 0 Å². The Labute approximate surface area is 107 Å². The van der Waals surface area contributed by atoms with E-state index in [2.05, 4.69) is 48.4 Å². The topological polar surface area (TPSA) is 24.9 Å². The molecule has 2 nitrogen and oxygen atoms in total. The molecule has 1 aromatic heterocycles. The molecule has 0 spiro atoms. The van der Waals surface area contributed by atoms with E-state index in [0.717, 1.165) is 6.42 Å². The monoisotopic (exact) mass is 246 g/mol. The number of hydrogen-bond donors (Lipinski definition) is 1. The van der Waals surface area contributed by atoms with Crippen molar-refractivity contribution in [2.24, 2.45) is 0 Å². The Kier molecular flexibility index (Phi) is 4.15. The number of aromatic nitrogens is 1. The van der Waals surface area contributed by atoms with Gasteiger partial charge in [0.05, 0.1) is 11.6 Å². The summed E-state index contributed by atoms with van der Waals surface area (Å²) in [7, 11) is 0. The fourth-order valence-corrected chi connectivity index (χ4v) is 2.45. The molecule has 2 rings (SSSR count). The lowest BCUT2D eigenvalue weighted by Crippen LogP contribution is -2.04. The average Bonchev–Trinajstić information content (AvgIpc) is 2.86. The summed E-state index contributed by atoms with van der Waals surface area (Å²) in [5.74, 6) is 0. The van der Waals surface area contributed by atoms with Crippen LogP contribution in [0.5, 0.6) is 0 Å². The lowest BCUT2D eigenvalue weighted by Gasteiger charge is -2.13. The quantitative estimate of drug-likeness (QED) is 0.852. The van der Waals surface area contributed by atoms with Gasteiger partial charge in [-0.25, -0.2) is 0 Å². The van der Waals surface area contributed by atoms with Gasteiger partial charge in [0.15, 0.2) is 0 Å². The highest BCUT2D eigenvalue weighted by atomic mass is 32.1. The van der Waals surface area contributed by atoms with Crippen LogP contribution >= 0.6 is 11.3 Å². The van der Waals surface area contributed by atoms with Crippen molar-refractivity contribution in [3.63, 3.8) is 0 Å². The zero-order valence-corrected chi connectivity index (χ0v) is 11.1. The Bertz CT molecular complexity index is 434. The first-order valence-electron chi connectivity index (χ1n) is 6.03. The first kappa shape index (κ1) is 12.1. The molecule has 90 valence electrons. The van der Waals surface area contributed by atoms with Crippen LogP contribution in [0.15, 0.2) is 36.0 Å². The predicted molar refractivity (Wildman–Crippen MR) is 74.6 cm³/mol. The first-order chi connectivity index (χ1) is 8.29. The first-order valence-corrected chi connectivity index (χ1v) is 6.91. The van der Waals surface area contributed by atoms with Gasteiger partial charge in [-0.1, -0.05) is 25.5 Å². The van der Waals surface area contributed by atoms with Crippen molar-refractivity contribution < 1.29 is 0 Å². The van der Waals surface area contributed by atoms with E-state index >= 15 is 0 Å². The highest BCUT2D eigenvalue weighted by Crippen LogP contribution is 2.22. The molecule has 3 heteroatoms. The number of anilines is 1. The SMILES string of the molecule is CCCc1ccc(NC(C)c2cncs2)cc1. The summed E-state index contributed by atoms with van der Waals surface area (Å²) in [5, 5.41) is 3.48. The van der Waals surface area contributed by atoms with Crippen molar-refractivity contribution in [1.82, 2.24) is 4.98 Å². The number of nitrogens with one attached hydrogen (secondary N) is 1. The molecule has 17 heavy (non-hydrogen) atoms. The van der Waals surface area contributed by atoms with Gasteiger partial charge in [-0.3, -0.25) is 4.98 Å². The fraction of sp³-hybridized carbons (Fsp3) is 0.357. The fourth-order valence-electron chi connectivity index (χ4n) is 1.82. The zero-order chi connectivity index (χ0) is 12.1. The minimum Gasteiger partial charge on any atom is -0.378 e. The number of aryl methyl sites for hydroxylation is 1. The Morgan fingerprint density at radius 3 is 2.65 bits per heavy atom. The predicted octanol–water partition coefficient (Wildman–Crippen LogP) is 4.27. The van der Waals surface area contributed by atoms with Crippen molar-refractivity contribution >= 4 is 17.0 Å². The molecular weight excluding hydrogens is 228 g/mol. The summed E-state index contributed by atoms with van der Waals surface area (Å²) in [4.78, 5) is 5.37. The van der Waals surface area contributed by atoms with E-state index in [1.54, 1.807) is 11.3 Å². The Morgan fingerprint density at radius 1 is 1.29 bits per heavy atom. The van der Waals surface area contributed by atoms with Crippen LogP contribution in [0, 0.1) is 0 Å². The van der Waals surface area contributed by atoms with E-state index in [4.69, 9.17) is 0 Å². The van der Waals surface area contributed by atoms with Gasteiger partial charge < -0.3 is 5.32 Å². The van der Waals surface area contributed by atoms with E-state index < -0.39 is 0 Å². The molecule has 1 aromatic carbocycles. The van der Waals surface area contributed by atoms with Crippen LogP contribution in [0.2, 0.25) is 0 Å². The zero-order valence-electron chi connectivity index (χ0n) is 10.3. The molecule has 0 aliphatic rings. The lowest BCUT2D eigenvalue weighted by molar-refractivity contribution is 0.899. The molecule has 0 aliphatic heterocycles. The van der Waals surface area contributed by atoms with Gasteiger partial charge in [0.25, 0.3) is 0 Å². The standard InChI is InChI=1S/C14H18N2S/c1-3-4-12-5-7-13(8-6-12)16-11(2)14-9-15-10-17-14/h5-11,16H,3-4H2,1-2H3. The molecule has 1 atom stereocenters. The smallest absolute Gasteiger partial charge is 0.0795 e. The van der Waals surface area contributed by atoms with Crippen molar-refractivity contribution in [2.45, 2.75) is 32.7 Å². The summed E-state index contributed by atoms with van der Waals surface area (Å²) >= 11 is 1.69. The maximum absolute atomic E-state index is 4.10. The van der Waals surface area contributed by atoms with E-state index in [9.17, 15) is 0 Å². The van der Waals surface area contributed by atoms with Crippen LogP contribution in [0.1, 0.15) is 36.8 Å². The van der Waals surface area contributed by atoms with Gasteiger partial charge >= 0.3 is 0 Å². The molecule has 0 saturated carbocycles. The minimum absolute atomic E-state index is 0.319. The summed E-state index contributed by atoms with van der Waals surface area (Å²) in [6.45, 7) is 4.37. The highest BCUT2D eigenvalue weighted by Gasteiger charge is 2.06. The second kappa shape index (κ2) is 5.82. The van der Waals surface area contributed by atoms with Crippen molar-refractivity contribution in [2.75, 3.05) is 5.32 Å². The van der Waals surface area contributed by atoms with Crippen LogP contribution in [0.4, 0.5) is 5.69 Å². The average molecular weight is 246 g/mol. The van der Waals surface area contributed by atoms with Crippen molar-refractivity contribution in [3.05, 3.63) is 46.4 Å². The van der Waals surface area contributed by atoms with Crippen LogP contribution < -0.4 is 5.32 Å². The van der Waals surface area contributed by atoms with E-state index in [1.165, 1.54) is 22.5 Å². The Balaban J connectivity index is 1.99. The second-order valence-electron chi connectivity index (χ2n) is 4.22. The van der Waals surface area contributed by atoms with Gasteiger partial charge in [-0.05, 0) is 31.0 Å². The van der Waals surface area contributed by atoms with E-state index in [1.807, 2.05) is 11.7 Å². The Morgan fingerprint density at radius 2 is 2.06 bits per heavy atom. The molecule has 1 N–H and O–H groups in total. The molecule has 0 radical (unpaired) electrons. The summed E-state index contributed by atoms with van der Waals surface area (Å²) in [5.41, 5.74) is 4.45. The van der Waals surface area contributed by atoms with E-state index in [-0.39, 0.29) is 0 Å². The van der Waals surface area contributed by atoms with Gasteiger partial charge in [-0.15, -0.1) is 11.3 Å². The molecular formula is C14H18N2S. The highest BCUT2D eigenvalue weighted by molar-refractivity contribution is 7.09. The third-order valence-electron chi connectivity index (χ3n) is 2.75. The molecule has 0 aliphatic carbocycles. The number of nitrogens with zero attached hydrogens (tertiary/aromatic N) is 1.